The number of ether oxygens (including phenoxy) is 2. The molecule has 2 aromatic heterocycles. The van der Waals surface area contributed by atoms with E-state index in [-0.39, 0.29) is 13.4 Å². The molecular formula is C41H23B2N3O2. The minimum absolute atomic E-state index is 0.0645. The molecule has 0 saturated heterocycles. The maximum absolute atomic E-state index is 6.75. The standard InChI is InChI=1S/C41H23B2N3O2/c1-2-11-24(12-3-1)45-31-18-9-19-32-37(31)43(28-16-8-14-26-25-13-4-6-17-30(25)46(32)39(26)28)40-33(45)23-29-41(44-40)48-36-22-10-21-35-38(36)42(29)27-15-5-7-20-34(27)47-35/h1-23H. The summed E-state index contributed by atoms with van der Waals surface area (Å²) < 4.78 is 15.6. The van der Waals surface area contributed by atoms with Gasteiger partial charge in [-0.25, -0.2) is 4.98 Å². The Morgan fingerprint density at radius 1 is 0.500 bits per heavy atom. The molecule has 7 heteroatoms. The number of rotatable bonds is 1. The van der Waals surface area contributed by atoms with E-state index in [2.05, 4.69) is 125 Å². The van der Waals surface area contributed by atoms with Gasteiger partial charge in [0.2, 0.25) is 5.88 Å². The third-order valence-electron chi connectivity index (χ3n) is 10.7. The van der Waals surface area contributed by atoms with E-state index in [0.29, 0.717) is 5.88 Å². The van der Waals surface area contributed by atoms with Crippen LogP contribution in [0.5, 0.6) is 23.1 Å². The third kappa shape index (κ3) is 2.98. The first-order chi connectivity index (χ1) is 23.8. The van der Waals surface area contributed by atoms with Crippen molar-refractivity contribution in [1.29, 1.82) is 0 Å². The molecule has 5 nitrogen and oxygen atoms in total. The molecule has 4 aliphatic rings. The Labute approximate surface area is 276 Å². The van der Waals surface area contributed by atoms with Gasteiger partial charge in [0.05, 0.1) is 11.2 Å². The summed E-state index contributed by atoms with van der Waals surface area (Å²) in [7, 11) is 0. The zero-order valence-corrected chi connectivity index (χ0v) is 25.6. The first-order valence-electron chi connectivity index (χ1n) is 16.5. The summed E-state index contributed by atoms with van der Waals surface area (Å²) in [6.45, 7) is -0.138. The van der Waals surface area contributed by atoms with Crippen LogP contribution in [0, 0.1) is 0 Å². The van der Waals surface area contributed by atoms with Crippen LogP contribution >= 0.6 is 0 Å². The maximum atomic E-state index is 6.75. The molecule has 8 aromatic rings. The Balaban J connectivity index is 1.21. The Hall–Kier alpha value is -6.20. The van der Waals surface area contributed by atoms with Gasteiger partial charge in [-0.2, -0.15) is 0 Å². The highest BCUT2D eigenvalue weighted by Crippen LogP contribution is 2.42. The Morgan fingerprint density at radius 2 is 1.21 bits per heavy atom. The molecule has 0 N–H and O–H groups in total. The Morgan fingerprint density at radius 3 is 2.15 bits per heavy atom. The number of pyridine rings is 1. The maximum Gasteiger partial charge on any atom is 0.275 e. The number of nitrogens with zero attached hydrogens (tertiary/aromatic N) is 3. The highest BCUT2D eigenvalue weighted by Gasteiger charge is 2.46. The molecule has 0 amide bonds. The van der Waals surface area contributed by atoms with E-state index in [1.165, 1.54) is 44.1 Å². The number of fused-ring (bicyclic) bond motifs is 11. The van der Waals surface area contributed by atoms with Crippen LogP contribution in [0.1, 0.15) is 0 Å². The topological polar surface area (TPSA) is 39.5 Å². The normalized spacial score (nSPS) is 14.0. The second kappa shape index (κ2) is 8.78. The quantitative estimate of drug-likeness (QED) is 0.230. The van der Waals surface area contributed by atoms with E-state index in [4.69, 9.17) is 14.5 Å². The molecular weight excluding hydrogens is 588 g/mol. The predicted molar refractivity (Wildman–Crippen MR) is 196 cm³/mol. The molecule has 220 valence electrons. The number of hydrogen-bond acceptors (Lipinski definition) is 4. The van der Waals surface area contributed by atoms with Gasteiger partial charge in [-0.3, -0.25) is 0 Å². The Bertz CT molecular complexity index is 2720. The molecule has 0 aliphatic carbocycles. The summed E-state index contributed by atoms with van der Waals surface area (Å²) in [5, 5.41) is 2.53. The van der Waals surface area contributed by atoms with Gasteiger partial charge >= 0.3 is 0 Å². The van der Waals surface area contributed by atoms with E-state index in [9.17, 15) is 0 Å². The molecule has 6 aromatic carbocycles. The van der Waals surface area contributed by atoms with E-state index >= 15 is 0 Å². The zero-order chi connectivity index (χ0) is 31.1. The van der Waals surface area contributed by atoms with Gasteiger partial charge in [-0.1, -0.05) is 84.9 Å². The summed E-state index contributed by atoms with van der Waals surface area (Å²) in [5.41, 5.74) is 13.8. The molecule has 0 atom stereocenters. The van der Waals surface area contributed by atoms with Gasteiger partial charge in [-0.05, 0) is 76.4 Å². The van der Waals surface area contributed by atoms with Crippen LogP contribution in [-0.4, -0.2) is 23.0 Å². The molecule has 4 aliphatic heterocycles. The lowest BCUT2D eigenvalue weighted by Crippen LogP contribution is -2.63. The second-order valence-corrected chi connectivity index (χ2v) is 13.0. The fourth-order valence-corrected chi connectivity index (χ4v) is 8.87. The lowest BCUT2D eigenvalue weighted by Gasteiger charge is -2.41. The number of hydrogen-bond donors (Lipinski definition) is 0. The van der Waals surface area contributed by atoms with Crippen molar-refractivity contribution in [3.05, 3.63) is 140 Å². The van der Waals surface area contributed by atoms with Crippen LogP contribution in [0.2, 0.25) is 0 Å². The van der Waals surface area contributed by atoms with Crippen LogP contribution in [0.25, 0.3) is 27.5 Å². The zero-order valence-electron chi connectivity index (χ0n) is 25.6. The summed E-state index contributed by atoms with van der Waals surface area (Å²) in [6.07, 6.45) is 0. The summed E-state index contributed by atoms with van der Waals surface area (Å²) in [6, 6.07) is 49.7. The number of aromatic nitrogens is 2. The average molecular weight is 611 g/mol. The fraction of sp³-hybridized carbons (Fsp3) is 0. The van der Waals surface area contributed by atoms with Crippen molar-refractivity contribution in [2.24, 2.45) is 0 Å². The molecule has 12 rings (SSSR count). The fourth-order valence-electron chi connectivity index (χ4n) is 8.87. The van der Waals surface area contributed by atoms with Crippen LogP contribution < -0.4 is 47.3 Å². The van der Waals surface area contributed by atoms with Gasteiger partial charge in [0, 0.05) is 44.4 Å². The van der Waals surface area contributed by atoms with E-state index in [0.717, 1.165) is 50.6 Å². The number of anilines is 3. The monoisotopic (exact) mass is 611 g/mol. The minimum Gasteiger partial charge on any atom is -0.458 e. The van der Waals surface area contributed by atoms with Crippen molar-refractivity contribution in [2.45, 2.75) is 0 Å². The second-order valence-electron chi connectivity index (χ2n) is 13.0. The summed E-state index contributed by atoms with van der Waals surface area (Å²) >= 11 is 0. The molecule has 48 heavy (non-hydrogen) atoms. The van der Waals surface area contributed by atoms with Crippen molar-refractivity contribution in [3.63, 3.8) is 0 Å². The third-order valence-corrected chi connectivity index (χ3v) is 10.7. The largest absolute Gasteiger partial charge is 0.458 e. The van der Waals surface area contributed by atoms with Crippen molar-refractivity contribution < 1.29 is 9.47 Å². The summed E-state index contributed by atoms with van der Waals surface area (Å²) in [4.78, 5) is 7.98. The van der Waals surface area contributed by atoms with E-state index in [1.807, 2.05) is 24.3 Å². The van der Waals surface area contributed by atoms with Gasteiger partial charge in [0.1, 0.15) is 17.2 Å². The highest BCUT2D eigenvalue weighted by atomic mass is 16.5. The SMILES string of the molecule is c1ccc(N2c3cc4c(nc3B3c5c2cccc5-n2c5ccccc5c5cccc3c52)Oc2cccc3c2B4c2ccccc2O3)cc1. The van der Waals surface area contributed by atoms with E-state index in [1.54, 1.807) is 0 Å². The van der Waals surface area contributed by atoms with Crippen molar-refractivity contribution in [3.8, 4) is 28.8 Å². The lowest BCUT2D eigenvalue weighted by atomic mass is 9.33. The van der Waals surface area contributed by atoms with E-state index < -0.39 is 0 Å². The molecule has 0 spiro atoms. The predicted octanol–water partition coefficient (Wildman–Crippen LogP) is 5.52. The van der Waals surface area contributed by atoms with Crippen LogP contribution in [-0.2, 0) is 0 Å². The minimum atomic E-state index is -0.0738. The molecule has 0 saturated carbocycles. The van der Waals surface area contributed by atoms with Gasteiger partial charge < -0.3 is 18.9 Å². The van der Waals surface area contributed by atoms with Crippen molar-refractivity contribution >= 4 is 85.2 Å². The summed E-state index contributed by atoms with van der Waals surface area (Å²) in [5.74, 6) is 3.17. The lowest BCUT2D eigenvalue weighted by molar-refractivity contribution is 0.454. The van der Waals surface area contributed by atoms with Crippen molar-refractivity contribution in [1.82, 2.24) is 9.55 Å². The van der Waals surface area contributed by atoms with Gasteiger partial charge in [-0.15, -0.1) is 0 Å². The highest BCUT2D eigenvalue weighted by molar-refractivity contribution is 7.01. The number of benzene rings is 6. The van der Waals surface area contributed by atoms with Crippen molar-refractivity contribution in [2.75, 3.05) is 4.90 Å². The molecule has 0 fully saturated rings. The van der Waals surface area contributed by atoms with Crippen LogP contribution in [0.3, 0.4) is 0 Å². The first-order valence-corrected chi connectivity index (χ1v) is 16.5. The molecule has 0 radical (unpaired) electrons. The molecule has 0 bridgehead atoms. The average Bonchev–Trinajstić information content (AvgIpc) is 3.48. The van der Waals surface area contributed by atoms with Gasteiger partial charge in [0.15, 0.2) is 0 Å². The van der Waals surface area contributed by atoms with Gasteiger partial charge in [0.25, 0.3) is 13.4 Å². The number of para-hydroxylation sites is 4. The first kappa shape index (κ1) is 25.0. The van der Waals surface area contributed by atoms with Crippen LogP contribution in [0.4, 0.5) is 17.1 Å². The van der Waals surface area contributed by atoms with Crippen LogP contribution in [0.15, 0.2) is 140 Å². The Kier molecular flexibility index (Phi) is 4.56. The molecule has 0 unspecified atom stereocenters. The smallest absolute Gasteiger partial charge is 0.275 e. The molecule has 6 heterocycles.